The van der Waals surface area contributed by atoms with Gasteiger partial charge in [-0.15, -0.1) is 0 Å². The van der Waals surface area contributed by atoms with Gasteiger partial charge in [0, 0.05) is 31.1 Å². The summed E-state index contributed by atoms with van der Waals surface area (Å²) < 4.78 is 46.5. The molecule has 1 fully saturated rings. The minimum absolute atomic E-state index is 0.0135. The van der Waals surface area contributed by atoms with E-state index in [1.54, 1.807) is 6.07 Å². The van der Waals surface area contributed by atoms with Crippen LogP contribution in [0.5, 0.6) is 0 Å². The van der Waals surface area contributed by atoms with Crippen molar-refractivity contribution < 1.29 is 27.2 Å². The molecule has 14 heteroatoms. The van der Waals surface area contributed by atoms with Crippen LogP contribution >= 0.6 is 11.3 Å². The van der Waals surface area contributed by atoms with E-state index in [-0.39, 0.29) is 40.6 Å². The maximum Gasteiger partial charge on any atom is 0.280 e. The maximum absolute atomic E-state index is 13.3. The van der Waals surface area contributed by atoms with Crippen LogP contribution in [0.25, 0.3) is 0 Å². The average Bonchev–Trinajstić information content (AvgIpc) is 3.53. The van der Waals surface area contributed by atoms with Gasteiger partial charge in [0.05, 0.1) is 17.2 Å². The van der Waals surface area contributed by atoms with Gasteiger partial charge in [0.1, 0.15) is 0 Å². The monoisotopic (exact) mass is 520 g/mol. The lowest BCUT2D eigenvalue weighted by molar-refractivity contribution is -0.110. The number of nitrogens with one attached hydrogen (secondary N) is 2. The molecule has 0 radical (unpaired) electrons. The second-order valence-electron chi connectivity index (χ2n) is 7.31. The second-order valence-corrected chi connectivity index (χ2v) is 10.1. The fourth-order valence-electron chi connectivity index (χ4n) is 3.14. The predicted molar refractivity (Wildman–Crippen MR) is 125 cm³/mol. The fraction of sp³-hybridized carbons (Fsp3) is 0.286. The first-order chi connectivity index (χ1) is 16.9. The van der Waals surface area contributed by atoms with Crippen LogP contribution in [0.4, 0.5) is 9.52 Å². The lowest BCUT2D eigenvalue weighted by atomic mass is 10.1. The molecule has 1 aromatic carbocycles. The van der Waals surface area contributed by atoms with Crippen LogP contribution in [0.15, 0.2) is 59.0 Å². The Morgan fingerprint density at radius 2 is 2.00 bits per heavy atom. The molecule has 0 aliphatic carbocycles. The van der Waals surface area contributed by atoms with Crippen LogP contribution in [0.3, 0.4) is 0 Å². The van der Waals surface area contributed by atoms with E-state index in [0.29, 0.717) is 23.8 Å². The van der Waals surface area contributed by atoms with Gasteiger partial charge in [-0.05, 0) is 31.0 Å². The Hall–Kier alpha value is -3.33. The van der Waals surface area contributed by atoms with Gasteiger partial charge in [-0.25, -0.2) is 28.1 Å². The van der Waals surface area contributed by atoms with Crippen molar-refractivity contribution in [1.82, 2.24) is 19.7 Å². The van der Waals surface area contributed by atoms with Crippen LogP contribution in [-0.2, 0) is 31.0 Å². The summed E-state index contributed by atoms with van der Waals surface area (Å²) in [6, 6.07) is 7.18. The Morgan fingerprint density at radius 3 is 2.66 bits per heavy atom. The van der Waals surface area contributed by atoms with Gasteiger partial charge in [-0.3, -0.25) is 10.1 Å². The summed E-state index contributed by atoms with van der Waals surface area (Å²) in [6.45, 7) is 0.694. The van der Waals surface area contributed by atoms with E-state index >= 15 is 0 Å². The number of ether oxygens (including phenoxy) is 1. The number of thiazole rings is 1. The zero-order chi connectivity index (χ0) is 24.7. The van der Waals surface area contributed by atoms with E-state index < -0.39 is 21.1 Å². The van der Waals surface area contributed by atoms with Gasteiger partial charge in [0.2, 0.25) is 10.0 Å². The van der Waals surface area contributed by atoms with Gasteiger partial charge < -0.3 is 9.57 Å². The molecule has 1 saturated heterocycles. The Morgan fingerprint density at radius 1 is 1.23 bits per heavy atom. The second kappa shape index (κ2) is 11.4. The van der Waals surface area contributed by atoms with Crippen molar-refractivity contribution >= 4 is 38.1 Å². The number of rotatable bonds is 10. The SMILES string of the molecule is O=C(Nc1ncc(F)s1)/C(=N/OCc1ncccn1)c1ccc(S(=O)(=O)NC[C@H]2CCCO2)cc1. The van der Waals surface area contributed by atoms with Gasteiger partial charge in [0.15, 0.2) is 28.4 Å². The minimum Gasteiger partial charge on any atom is -0.387 e. The molecule has 11 nitrogen and oxygen atoms in total. The molecule has 0 spiro atoms. The molecule has 2 aromatic heterocycles. The number of hydrogen-bond donors (Lipinski definition) is 2. The number of oxime groups is 1. The molecule has 0 bridgehead atoms. The molecule has 1 aliphatic rings. The molecule has 1 amide bonds. The number of hydrogen-bond acceptors (Lipinski definition) is 10. The molecule has 3 aromatic rings. The number of amides is 1. The molecule has 4 rings (SSSR count). The molecular weight excluding hydrogens is 499 g/mol. The topological polar surface area (TPSA) is 145 Å². The maximum atomic E-state index is 13.3. The fourth-order valence-corrected chi connectivity index (χ4v) is 4.74. The molecule has 1 aliphatic heterocycles. The van der Waals surface area contributed by atoms with E-state index in [9.17, 15) is 17.6 Å². The molecule has 3 heterocycles. The van der Waals surface area contributed by atoms with E-state index in [2.05, 4.69) is 30.1 Å². The lowest BCUT2D eigenvalue weighted by Gasteiger charge is -2.12. The first kappa shape index (κ1) is 24.8. The summed E-state index contributed by atoms with van der Waals surface area (Å²) >= 11 is 0.648. The van der Waals surface area contributed by atoms with Crippen molar-refractivity contribution in [3.8, 4) is 0 Å². The first-order valence-corrected chi connectivity index (χ1v) is 12.8. The van der Waals surface area contributed by atoms with Gasteiger partial charge in [0.25, 0.3) is 5.91 Å². The largest absolute Gasteiger partial charge is 0.387 e. The molecule has 184 valence electrons. The number of aromatic nitrogens is 3. The number of anilines is 1. The summed E-state index contributed by atoms with van der Waals surface area (Å²) in [5.41, 5.74) is 0.0967. The Labute approximate surface area is 204 Å². The van der Waals surface area contributed by atoms with Gasteiger partial charge in [-0.2, -0.15) is 4.39 Å². The van der Waals surface area contributed by atoms with Crippen molar-refractivity contribution in [1.29, 1.82) is 0 Å². The standard InChI is InChI=1S/C21H21FN6O5S2/c22-17-12-25-21(34-17)27-20(29)19(28-33-13-18-23-8-2-9-24-18)14-4-6-16(7-5-14)35(30,31)26-11-15-3-1-10-32-15/h2,4-9,12,15,26H,1,3,10-11,13H2,(H,25,27,29)/b28-19+/t15-/m1/s1. The van der Waals surface area contributed by atoms with Crippen molar-refractivity contribution in [3.63, 3.8) is 0 Å². The van der Waals surface area contributed by atoms with E-state index in [1.165, 1.54) is 36.7 Å². The number of carbonyl (C=O) groups is 1. The van der Waals surface area contributed by atoms with Crippen LogP contribution in [0, 0.1) is 5.13 Å². The first-order valence-electron chi connectivity index (χ1n) is 10.5. The third-order valence-corrected chi connectivity index (χ3v) is 6.99. The number of sulfonamides is 1. The highest BCUT2D eigenvalue weighted by Gasteiger charge is 2.22. The third-order valence-electron chi connectivity index (χ3n) is 4.84. The normalized spacial score (nSPS) is 16.3. The van der Waals surface area contributed by atoms with Gasteiger partial charge >= 0.3 is 0 Å². The lowest BCUT2D eigenvalue weighted by Crippen LogP contribution is -2.31. The summed E-state index contributed by atoms with van der Waals surface area (Å²) in [5, 5.41) is 5.81. The van der Waals surface area contributed by atoms with Crippen molar-refractivity contribution in [2.45, 2.75) is 30.4 Å². The zero-order valence-corrected chi connectivity index (χ0v) is 19.9. The zero-order valence-electron chi connectivity index (χ0n) is 18.3. The van der Waals surface area contributed by atoms with Crippen molar-refractivity contribution in [2.24, 2.45) is 5.16 Å². The Kier molecular flexibility index (Phi) is 8.07. The van der Waals surface area contributed by atoms with Crippen LogP contribution < -0.4 is 10.0 Å². The summed E-state index contributed by atoms with van der Waals surface area (Å²) in [6.07, 6.45) is 5.60. The number of carbonyl (C=O) groups excluding carboxylic acids is 1. The summed E-state index contributed by atoms with van der Waals surface area (Å²) in [4.78, 5) is 29.9. The highest BCUT2D eigenvalue weighted by molar-refractivity contribution is 7.89. The van der Waals surface area contributed by atoms with Crippen LogP contribution in [0.1, 0.15) is 24.2 Å². The summed E-state index contributed by atoms with van der Waals surface area (Å²) in [5.74, 6) is -0.378. The molecule has 35 heavy (non-hydrogen) atoms. The molecular formula is C21H21FN6O5S2. The average molecular weight is 521 g/mol. The molecule has 0 unspecified atom stereocenters. The predicted octanol–water partition coefficient (Wildman–Crippen LogP) is 2.09. The minimum atomic E-state index is -3.78. The summed E-state index contributed by atoms with van der Waals surface area (Å²) in [7, 11) is -3.78. The molecule has 2 N–H and O–H groups in total. The Balaban J connectivity index is 1.51. The van der Waals surface area contributed by atoms with Crippen LogP contribution in [0.2, 0.25) is 0 Å². The number of halogens is 1. The number of nitrogens with zero attached hydrogens (tertiary/aromatic N) is 4. The molecule has 1 atom stereocenters. The highest BCUT2D eigenvalue weighted by atomic mass is 32.2. The highest BCUT2D eigenvalue weighted by Crippen LogP contribution is 2.18. The van der Waals surface area contributed by atoms with Crippen LogP contribution in [-0.4, -0.2) is 54.2 Å². The third kappa shape index (κ3) is 6.85. The molecule has 0 saturated carbocycles. The van der Waals surface area contributed by atoms with E-state index in [4.69, 9.17) is 9.57 Å². The van der Waals surface area contributed by atoms with Crippen molar-refractivity contribution in [2.75, 3.05) is 18.5 Å². The van der Waals surface area contributed by atoms with E-state index in [1.807, 2.05) is 0 Å². The van der Waals surface area contributed by atoms with E-state index in [0.717, 1.165) is 19.0 Å². The quantitative estimate of drug-likeness (QED) is 0.305. The van der Waals surface area contributed by atoms with Gasteiger partial charge in [-0.1, -0.05) is 28.6 Å². The van der Waals surface area contributed by atoms with Crippen molar-refractivity contribution in [3.05, 3.63) is 65.4 Å². The number of benzene rings is 1. The smallest absolute Gasteiger partial charge is 0.280 e. The Bertz CT molecular complexity index is 1280.